The summed E-state index contributed by atoms with van der Waals surface area (Å²) in [5.41, 5.74) is 11.6. The summed E-state index contributed by atoms with van der Waals surface area (Å²) in [6.45, 7) is 0.269. The molecule has 5 aromatic carbocycles. The van der Waals surface area contributed by atoms with Gasteiger partial charge >= 0.3 is 0 Å². The summed E-state index contributed by atoms with van der Waals surface area (Å²) in [4.78, 5) is 0. The minimum absolute atomic E-state index is 0.134. The Morgan fingerprint density at radius 1 is 0.486 bits per heavy atom. The van der Waals surface area contributed by atoms with E-state index in [4.69, 9.17) is 9.47 Å². The minimum atomic E-state index is 0.134. The molecule has 0 N–H and O–H groups in total. The summed E-state index contributed by atoms with van der Waals surface area (Å²) in [5, 5.41) is 2.64. The minimum Gasteiger partial charge on any atom is -0.458 e. The van der Waals surface area contributed by atoms with Gasteiger partial charge in [0.1, 0.15) is 23.0 Å². The van der Waals surface area contributed by atoms with Gasteiger partial charge in [-0.15, -0.1) is 0 Å². The van der Waals surface area contributed by atoms with E-state index in [1.807, 2.05) is 0 Å². The van der Waals surface area contributed by atoms with Crippen LogP contribution in [0.4, 0.5) is 0 Å². The number of benzene rings is 5. The zero-order chi connectivity index (χ0) is 22.4. The number of hydrogen-bond acceptors (Lipinski definition) is 2. The first-order valence-corrected chi connectivity index (χ1v) is 12.2. The summed E-state index contributed by atoms with van der Waals surface area (Å²) >= 11 is 0. The van der Waals surface area contributed by atoms with Crippen molar-refractivity contribution in [3.63, 3.8) is 0 Å². The molecule has 5 heteroatoms. The van der Waals surface area contributed by atoms with Crippen molar-refractivity contribution in [2.45, 2.75) is 0 Å². The van der Waals surface area contributed by atoms with E-state index >= 15 is 0 Å². The van der Waals surface area contributed by atoms with Gasteiger partial charge in [-0.2, -0.15) is 0 Å². The van der Waals surface area contributed by atoms with E-state index in [9.17, 15) is 0 Å². The molecular formula is C30H15B2NO2. The molecule has 35 heavy (non-hydrogen) atoms. The second-order valence-electron chi connectivity index (χ2n) is 10.0. The average Bonchev–Trinajstić information content (AvgIpc) is 3.25. The Kier molecular flexibility index (Phi) is 2.68. The molecule has 10 rings (SSSR count). The number of aromatic nitrogens is 1. The van der Waals surface area contributed by atoms with Gasteiger partial charge in [0.2, 0.25) is 0 Å². The smallest absolute Gasteiger partial charge is 0.256 e. The monoisotopic (exact) mass is 443 g/mol. The van der Waals surface area contributed by atoms with E-state index in [1.165, 1.54) is 60.3 Å². The second kappa shape index (κ2) is 5.47. The number of fused-ring (bicyclic) bond motifs is 7. The normalized spacial score (nSPS) is 14.6. The molecule has 4 aliphatic heterocycles. The Labute approximate surface area is 201 Å². The Morgan fingerprint density at radius 3 is 1.51 bits per heavy atom. The van der Waals surface area contributed by atoms with Crippen molar-refractivity contribution < 1.29 is 9.47 Å². The maximum absolute atomic E-state index is 6.60. The van der Waals surface area contributed by atoms with Gasteiger partial charge in [-0.1, -0.05) is 72.8 Å². The molecular weight excluding hydrogens is 428 g/mol. The topological polar surface area (TPSA) is 23.4 Å². The molecule has 0 amide bonds. The fourth-order valence-electron chi connectivity index (χ4n) is 7.30. The Bertz CT molecular complexity index is 1850. The van der Waals surface area contributed by atoms with Gasteiger partial charge in [0, 0.05) is 33.6 Å². The molecule has 158 valence electrons. The molecule has 0 fully saturated rings. The lowest BCUT2D eigenvalue weighted by Gasteiger charge is -2.40. The first kappa shape index (κ1) is 17.1. The third-order valence-corrected chi connectivity index (χ3v) is 8.50. The maximum Gasteiger partial charge on any atom is 0.256 e. The summed E-state index contributed by atoms with van der Waals surface area (Å²) in [6.07, 6.45) is 0. The van der Waals surface area contributed by atoms with E-state index in [1.54, 1.807) is 0 Å². The lowest BCUT2D eigenvalue weighted by atomic mass is 9.30. The number of hydrogen-bond donors (Lipinski definition) is 0. The van der Waals surface area contributed by atoms with Gasteiger partial charge in [0.05, 0.1) is 0 Å². The highest BCUT2D eigenvalue weighted by atomic mass is 16.5. The summed E-state index contributed by atoms with van der Waals surface area (Å²) < 4.78 is 15.7. The molecule has 3 nitrogen and oxygen atoms in total. The van der Waals surface area contributed by atoms with Crippen LogP contribution >= 0.6 is 0 Å². The molecule has 0 radical (unpaired) electrons. The largest absolute Gasteiger partial charge is 0.458 e. The van der Waals surface area contributed by atoms with Crippen LogP contribution in [0.2, 0.25) is 0 Å². The number of rotatable bonds is 0. The van der Waals surface area contributed by atoms with Crippen LogP contribution in [0.3, 0.4) is 0 Å². The fraction of sp³-hybridized carbons (Fsp3) is 0. The highest BCUT2D eigenvalue weighted by molar-refractivity contribution is 7.03. The summed E-state index contributed by atoms with van der Waals surface area (Å²) in [6, 6.07) is 32.8. The molecule has 0 bridgehead atoms. The summed E-state index contributed by atoms with van der Waals surface area (Å²) in [7, 11) is 0. The maximum atomic E-state index is 6.60. The molecule has 0 saturated carbocycles. The highest BCUT2D eigenvalue weighted by Gasteiger charge is 2.48. The Balaban J connectivity index is 1.51. The van der Waals surface area contributed by atoms with Crippen molar-refractivity contribution in [3.05, 3.63) is 91.0 Å². The quantitative estimate of drug-likeness (QED) is 0.337. The van der Waals surface area contributed by atoms with Crippen molar-refractivity contribution >= 4 is 68.0 Å². The third kappa shape index (κ3) is 1.75. The van der Waals surface area contributed by atoms with Crippen LogP contribution in [0.5, 0.6) is 23.0 Å². The molecule has 0 aliphatic carbocycles. The summed E-state index contributed by atoms with van der Waals surface area (Å²) in [5.74, 6) is 3.68. The molecule has 0 spiro atoms. The second-order valence-corrected chi connectivity index (χ2v) is 10.0. The van der Waals surface area contributed by atoms with Crippen LogP contribution in [0.25, 0.3) is 27.5 Å². The van der Waals surface area contributed by atoms with Gasteiger partial charge in [-0.3, -0.25) is 0 Å². The van der Waals surface area contributed by atoms with Crippen molar-refractivity contribution in [2.24, 2.45) is 0 Å². The van der Waals surface area contributed by atoms with Crippen molar-refractivity contribution in [1.82, 2.24) is 4.57 Å². The fourth-order valence-corrected chi connectivity index (χ4v) is 7.30. The van der Waals surface area contributed by atoms with Crippen LogP contribution in [-0.4, -0.2) is 18.0 Å². The molecule has 0 atom stereocenters. The highest BCUT2D eigenvalue weighted by Crippen LogP contribution is 2.41. The van der Waals surface area contributed by atoms with Gasteiger partial charge in [0.15, 0.2) is 0 Å². The Hall–Kier alpha value is -4.37. The lowest BCUT2D eigenvalue weighted by Crippen LogP contribution is -2.65. The van der Waals surface area contributed by atoms with Gasteiger partial charge in [-0.05, 0) is 44.9 Å². The van der Waals surface area contributed by atoms with Gasteiger partial charge in [-0.25, -0.2) is 0 Å². The van der Waals surface area contributed by atoms with Crippen LogP contribution in [0, 0.1) is 0 Å². The predicted molar refractivity (Wildman–Crippen MR) is 143 cm³/mol. The number of para-hydroxylation sites is 4. The molecule has 0 unspecified atom stereocenters. The van der Waals surface area contributed by atoms with E-state index in [0.717, 1.165) is 23.0 Å². The molecule has 1 aromatic heterocycles. The standard InChI is InChI=1S/C30H15B2NO2/c1-3-13-22-18(9-1)31-20-11-5-7-16-17-8-6-12-21-29(17)33(28(16)20)30-26(31)24(34-22)15-25-27(30)32(21)19-10-2-4-14-23(19)35-25/h1-15H. The zero-order valence-electron chi connectivity index (χ0n) is 18.6. The molecule has 6 aromatic rings. The Morgan fingerprint density at radius 2 is 0.971 bits per heavy atom. The molecule has 5 heterocycles. The van der Waals surface area contributed by atoms with Crippen molar-refractivity contribution in [3.8, 4) is 28.7 Å². The van der Waals surface area contributed by atoms with Crippen LogP contribution in [-0.2, 0) is 0 Å². The van der Waals surface area contributed by atoms with Crippen molar-refractivity contribution in [2.75, 3.05) is 0 Å². The van der Waals surface area contributed by atoms with E-state index in [0.29, 0.717) is 0 Å². The van der Waals surface area contributed by atoms with E-state index in [2.05, 4.69) is 95.6 Å². The van der Waals surface area contributed by atoms with Gasteiger partial charge < -0.3 is 14.0 Å². The average molecular weight is 443 g/mol. The predicted octanol–water partition coefficient (Wildman–Crippen LogP) is 2.65. The van der Waals surface area contributed by atoms with Crippen LogP contribution in [0.15, 0.2) is 91.0 Å². The van der Waals surface area contributed by atoms with Gasteiger partial charge in [0.25, 0.3) is 13.4 Å². The zero-order valence-corrected chi connectivity index (χ0v) is 18.6. The third-order valence-electron chi connectivity index (χ3n) is 8.50. The van der Waals surface area contributed by atoms with E-state index in [-0.39, 0.29) is 13.4 Å². The van der Waals surface area contributed by atoms with Crippen LogP contribution < -0.4 is 42.3 Å². The molecule has 0 saturated heterocycles. The van der Waals surface area contributed by atoms with Crippen LogP contribution in [0.1, 0.15) is 0 Å². The van der Waals surface area contributed by atoms with Crippen molar-refractivity contribution in [1.29, 1.82) is 0 Å². The molecule has 4 aliphatic rings. The SMILES string of the molecule is c1ccc2c(c1)Oc1cc3c4c5c1B2c1cccc2c6cccc(c6n-5c12)B4c1ccccc1O3. The number of nitrogens with zero attached hydrogens (tertiary/aromatic N) is 1. The lowest BCUT2D eigenvalue weighted by molar-refractivity contribution is 0.465. The first-order chi connectivity index (χ1) is 17.4. The first-order valence-electron chi connectivity index (χ1n) is 12.2. The number of ether oxygens (including phenoxy) is 2. The van der Waals surface area contributed by atoms with E-state index < -0.39 is 0 Å².